The number of para-hydroxylation sites is 2. The number of likely N-dealkylation sites (N-methyl/N-ethyl adjacent to an activating group) is 1. The summed E-state index contributed by atoms with van der Waals surface area (Å²) in [5.41, 5.74) is 0.546. The van der Waals surface area contributed by atoms with Crippen LogP contribution in [-0.2, 0) is 4.79 Å². The summed E-state index contributed by atoms with van der Waals surface area (Å²) >= 11 is 0. The third-order valence-electron chi connectivity index (χ3n) is 2.04. The minimum atomic E-state index is -0.460. The Bertz CT molecular complexity index is 407. The molecule has 17 heavy (non-hydrogen) atoms. The molecule has 0 aliphatic heterocycles. The average Bonchev–Trinajstić information content (AvgIpc) is 2.36. The summed E-state index contributed by atoms with van der Waals surface area (Å²) in [5.74, 6) is 0.294. The molecule has 6 heteroatoms. The summed E-state index contributed by atoms with van der Waals surface area (Å²) in [6.45, 7) is -0.0719. The van der Waals surface area contributed by atoms with Crippen molar-refractivity contribution in [2.24, 2.45) is 0 Å². The van der Waals surface area contributed by atoms with Crippen molar-refractivity contribution >= 4 is 17.6 Å². The molecular weight excluding hydrogens is 222 g/mol. The lowest BCUT2D eigenvalue weighted by molar-refractivity contribution is -0.119. The minimum Gasteiger partial charge on any atom is -0.495 e. The molecule has 0 unspecified atom stereocenters. The second-order valence-electron chi connectivity index (χ2n) is 3.18. The molecule has 0 aliphatic rings. The van der Waals surface area contributed by atoms with Gasteiger partial charge in [-0.05, 0) is 12.1 Å². The fraction of sp³-hybridized carbons (Fsp3) is 0.273. The van der Waals surface area contributed by atoms with Gasteiger partial charge in [0, 0.05) is 7.05 Å². The van der Waals surface area contributed by atoms with Crippen LogP contribution in [0.15, 0.2) is 24.3 Å². The van der Waals surface area contributed by atoms with E-state index < -0.39 is 6.03 Å². The summed E-state index contributed by atoms with van der Waals surface area (Å²) in [6, 6.07) is 6.55. The molecule has 1 aromatic carbocycles. The van der Waals surface area contributed by atoms with E-state index in [-0.39, 0.29) is 12.5 Å². The lowest BCUT2D eigenvalue weighted by Crippen LogP contribution is -2.37. The van der Waals surface area contributed by atoms with Crippen LogP contribution in [0, 0.1) is 0 Å². The zero-order chi connectivity index (χ0) is 12.7. The van der Waals surface area contributed by atoms with E-state index in [0.717, 1.165) is 0 Å². The number of carbonyl (C=O) groups is 2. The Labute approximate surface area is 99.3 Å². The first-order valence-corrected chi connectivity index (χ1v) is 5.06. The van der Waals surface area contributed by atoms with Crippen molar-refractivity contribution in [1.82, 2.24) is 10.6 Å². The van der Waals surface area contributed by atoms with Gasteiger partial charge in [-0.1, -0.05) is 12.1 Å². The van der Waals surface area contributed by atoms with E-state index in [1.165, 1.54) is 14.2 Å². The largest absolute Gasteiger partial charge is 0.495 e. The zero-order valence-electron chi connectivity index (χ0n) is 9.74. The van der Waals surface area contributed by atoms with Gasteiger partial charge in [0.2, 0.25) is 5.91 Å². The lowest BCUT2D eigenvalue weighted by atomic mass is 10.3. The quantitative estimate of drug-likeness (QED) is 0.716. The van der Waals surface area contributed by atoms with Gasteiger partial charge >= 0.3 is 6.03 Å². The Balaban J connectivity index is 2.53. The molecule has 1 rings (SSSR count). The fourth-order valence-electron chi connectivity index (χ4n) is 1.16. The van der Waals surface area contributed by atoms with E-state index >= 15 is 0 Å². The van der Waals surface area contributed by atoms with E-state index in [1.807, 2.05) is 0 Å². The van der Waals surface area contributed by atoms with E-state index in [2.05, 4.69) is 16.0 Å². The van der Waals surface area contributed by atoms with Crippen molar-refractivity contribution in [2.45, 2.75) is 0 Å². The van der Waals surface area contributed by atoms with Crippen LogP contribution >= 0.6 is 0 Å². The third kappa shape index (κ3) is 4.02. The molecule has 0 spiro atoms. The second-order valence-corrected chi connectivity index (χ2v) is 3.18. The molecule has 1 aromatic rings. The van der Waals surface area contributed by atoms with E-state index in [1.54, 1.807) is 24.3 Å². The summed E-state index contributed by atoms with van der Waals surface area (Å²) < 4.78 is 5.07. The van der Waals surface area contributed by atoms with Gasteiger partial charge in [0.25, 0.3) is 0 Å². The van der Waals surface area contributed by atoms with Crippen LogP contribution in [0.5, 0.6) is 5.75 Å². The lowest BCUT2D eigenvalue weighted by Gasteiger charge is -2.10. The Morgan fingerprint density at radius 3 is 2.65 bits per heavy atom. The molecule has 0 saturated carbocycles. The standard InChI is InChI=1S/C11H15N3O3/c1-12-10(15)7-13-11(16)14-8-5-3-4-6-9(8)17-2/h3-6H,7H2,1-2H3,(H,12,15)(H2,13,14,16). The van der Waals surface area contributed by atoms with Crippen LogP contribution in [-0.4, -0.2) is 32.6 Å². The van der Waals surface area contributed by atoms with Crippen LogP contribution in [0.2, 0.25) is 0 Å². The van der Waals surface area contributed by atoms with Crippen molar-refractivity contribution in [2.75, 3.05) is 26.0 Å². The Morgan fingerprint density at radius 2 is 2.00 bits per heavy atom. The highest BCUT2D eigenvalue weighted by molar-refractivity contribution is 5.93. The molecule has 0 aliphatic carbocycles. The molecule has 0 saturated heterocycles. The average molecular weight is 237 g/mol. The van der Waals surface area contributed by atoms with Gasteiger partial charge in [0.05, 0.1) is 19.3 Å². The molecule has 0 bridgehead atoms. The normalized spacial score (nSPS) is 9.29. The number of nitrogens with one attached hydrogen (secondary N) is 3. The molecule has 0 fully saturated rings. The number of hydrogen-bond donors (Lipinski definition) is 3. The summed E-state index contributed by atoms with van der Waals surface area (Å²) in [5, 5.41) is 7.40. The van der Waals surface area contributed by atoms with Gasteiger partial charge in [-0.3, -0.25) is 4.79 Å². The van der Waals surface area contributed by atoms with Gasteiger partial charge in [-0.2, -0.15) is 0 Å². The smallest absolute Gasteiger partial charge is 0.319 e. The maximum atomic E-state index is 11.4. The monoisotopic (exact) mass is 237 g/mol. The number of carbonyl (C=O) groups excluding carboxylic acids is 2. The second kappa shape index (κ2) is 6.37. The molecule has 6 nitrogen and oxygen atoms in total. The number of amides is 3. The molecule has 3 N–H and O–H groups in total. The number of urea groups is 1. The van der Waals surface area contributed by atoms with Gasteiger partial charge in [0.15, 0.2) is 0 Å². The minimum absolute atomic E-state index is 0.0719. The highest BCUT2D eigenvalue weighted by atomic mass is 16.5. The van der Waals surface area contributed by atoms with Gasteiger partial charge in [0.1, 0.15) is 5.75 Å². The number of hydrogen-bond acceptors (Lipinski definition) is 3. The van der Waals surface area contributed by atoms with Gasteiger partial charge in [-0.15, -0.1) is 0 Å². The highest BCUT2D eigenvalue weighted by Gasteiger charge is 2.07. The van der Waals surface area contributed by atoms with Crippen molar-refractivity contribution in [3.05, 3.63) is 24.3 Å². The number of anilines is 1. The molecule has 92 valence electrons. The first kappa shape index (κ1) is 12.8. The first-order valence-electron chi connectivity index (χ1n) is 5.06. The molecule has 3 amide bonds. The number of benzene rings is 1. The van der Waals surface area contributed by atoms with E-state index in [9.17, 15) is 9.59 Å². The zero-order valence-corrected chi connectivity index (χ0v) is 9.74. The number of rotatable bonds is 4. The van der Waals surface area contributed by atoms with Crippen LogP contribution < -0.4 is 20.7 Å². The molecule has 0 radical (unpaired) electrons. The maximum absolute atomic E-state index is 11.4. The van der Waals surface area contributed by atoms with Gasteiger partial charge in [-0.25, -0.2) is 4.79 Å². The van der Waals surface area contributed by atoms with Crippen molar-refractivity contribution < 1.29 is 14.3 Å². The van der Waals surface area contributed by atoms with Crippen molar-refractivity contribution in [3.63, 3.8) is 0 Å². The van der Waals surface area contributed by atoms with Gasteiger partial charge < -0.3 is 20.7 Å². The van der Waals surface area contributed by atoms with Crippen molar-refractivity contribution in [3.8, 4) is 5.75 Å². The van der Waals surface area contributed by atoms with Crippen molar-refractivity contribution in [1.29, 1.82) is 0 Å². The Kier molecular flexibility index (Phi) is 4.80. The molecule has 0 aromatic heterocycles. The van der Waals surface area contributed by atoms with Crippen LogP contribution in [0.1, 0.15) is 0 Å². The Morgan fingerprint density at radius 1 is 1.29 bits per heavy atom. The fourth-order valence-corrected chi connectivity index (χ4v) is 1.16. The highest BCUT2D eigenvalue weighted by Crippen LogP contribution is 2.22. The summed E-state index contributed by atoms with van der Waals surface area (Å²) in [6.07, 6.45) is 0. The van der Waals surface area contributed by atoms with E-state index in [0.29, 0.717) is 11.4 Å². The summed E-state index contributed by atoms with van der Waals surface area (Å²) in [4.78, 5) is 22.4. The molecular formula is C11H15N3O3. The number of ether oxygens (including phenoxy) is 1. The van der Waals surface area contributed by atoms with Crippen LogP contribution in [0.4, 0.5) is 10.5 Å². The predicted octanol–water partition coefficient (Wildman–Crippen LogP) is 0.563. The van der Waals surface area contributed by atoms with Crippen LogP contribution in [0.25, 0.3) is 0 Å². The molecule has 0 heterocycles. The van der Waals surface area contributed by atoms with E-state index in [4.69, 9.17) is 4.74 Å². The first-order chi connectivity index (χ1) is 8.17. The maximum Gasteiger partial charge on any atom is 0.319 e. The summed E-state index contributed by atoms with van der Waals surface area (Å²) in [7, 11) is 3.02. The van der Waals surface area contributed by atoms with Crippen LogP contribution in [0.3, 0.4) is 0 Å². The number of methoxy groups -OCH3 is 1. The predicted molar refractivity (Wildman–Crippen MR) is 64.1 cm³/mol. The third-order valence-corrected chi connectivity index (χ3v) is 2.04. The Hall–Kier alpha value is -2.24. The topological polar surface area (TPSA) is 79.5 Å². The SMILES string of the molecule is CNC(=O)CNC(=O)Nc1ccccc1OC. The molecule has 0 atom stereocenters.